The molecule has 0 spiro atoms. The number of anilines is 1. The minimum atomic E-state index is -0.975. The molecule has 1 unspecified atom stereocenters. The third-order valence-electron chi connectivity index (χ3n) is 4.25. The summed E-state index contributed by atoms with van der Waals surface area (Å²) in [4.78, 5) is 12.6. The molecule has 0 bridgehead atoms. The van der Waals surface area contributed by atoms with Crippen LogP contribution in [0.4, 0.5) is 5.82 Å². The molecule has 0 radical (unpaired) electrons. The maximum absolute atomic E-state index is 12.6. The van der Waals surface area contributed by atoms with E-state index in [-0.39, 0.29) is 5.91 Å². The van der Waals surface area contributed by atoms with Gasteiger partial charge in [0.05, 0.1) is 30.0 Å². The van der Waals surface area contributed by atoms with Gasteiger partial charge in [0, 0.05) is 21.9 Å². The van der Waals surface area contributed by atoms with Gasteiger partial charge in [-0.15, -0.1) is 0 Å². The molecular formula is C19H17N3O3S. The van der Waals surface area contributed by atoms with Crippen LogP contribution in [0.1, 0.15) is 21.6 Å². The maximum Gasteiger partial charge on any atom is 0.256 e. The summed E-state index contributed by atoms with van der Waals surface area (Å²) in [6, 6.07) is 16.4. The van der Waals surface area contributed by atoms with Crippen molar-refractivity contribution in [2.75, 3.05) is 12.4 Å². The highest BCUT2D eigenvalue weighted by atomic mass is 32.2. The van der Waals surface area contributed by atoms with Gasteiger partial charge in [0.25, 0.3) is 5.91 Å². The number of hydrogen-bond donors (Lipinski definition) is 1. The first-order chi connectivity index (χ1) is 12.7. The minimum absolute atomic E-state index is 0.222. The SMILES string of the molecule is COc1ccc(-n2nc3c(c2NC(=O)c2ccccc2)CS(=O)C3)cc1. The van der Waals surface area contributed by atoms with Gasteiger partial charge in [-0.3, -0.25) is 9.00 Å². The number of hydrogen-bond acceptors (Lipinski definition) is 4. The molecule has 4 rings (SSSR count). The van der Waals surface area contributed by atoms with Gasteiger partial charge in [-0.25, -0.2) is 4.68 Å². The molecule has 1 aromatic heterocycles. The number of fused-ring (bicyclic) bond motifs is 1. The third kappa shape index (κ3) is 3.01. The van der Waals surface area contributed by atoms with Crippen LogP contribution in [0.3, 0.4) is 0 Å². The van der Waals surface area contributed by atoms with Gasteiger partial charge in [-0.1, -0.05) is 18.2 Å². The van der Waals surface area contributed by atoms with E-state index in [0.29, 0.717) is 22.9 Å². The standard InChI is InChI=1S/C19H17N3O3S/c1-25-15-9-7-14(8-10-15)22-18(16-11-26(24)12-17(16)21-22)20-19(23)13-5-3-2-4-6-13/h2-10H,11-12H2,1H3,(H,20,23). The summed E-state index contributed by atoms with van der Waals surface area (Å²) in [6.45, 7) is 0. The second kappa shape index (κ2) is 6.76. The number of benzene rings is 2. The summed E-state index contributed by atoms with van der Waals surface area (Å²) in [7, 11) is 0.635. The largest absolute Gasteiger partial charge is 0.497 e. The smallest absolute Gasteiger partial charge is 0.256 e. The average molecular weight is 367 g/mol. The normalized spacial score (nSPS) is 15.5. The Balaban J connectivity index is 1.74. The predicted octanol–water partition coefficient (Wildman–Crippen LogP) is 2.90. The van der Waals surface area contributed by atoms with E-state index >= 15 is 0 Å². The quantitative estimate of drug-likeness (QED) is 0.770. The Morgan fingerprint density at radius 3 is 2.54 bits per heavy atom. The van der Waals surface area contributed by atoms with Gasteiger partial charge in [-0.2, -0.15) is 5.10 Å². The lowest BCUT2D eigenvalue weighted by molar-refractivity contribution is 0.102. The lowest BCUT2D eigenvalue weighted by Gasteiger charge is -2.11. The van der Waals surface area contributed by atoms with Gasteiger partial charge in [0.15, 0.2) is 0 Å². The third-order valence-corrected chi connectivity index (χ3v) is 5.46. The molecule has 1 aliphatic rings. The van der Waals surface area contributed by atoms with Crippen LogP contribution < -0.4 is 10.1 Å². The zero-order chi connectivity index (χ0) is 18.1. The van der Waals surface area contributed by atoms with Crippen molar-refractivity contribution in [3.63, 3.8) is 0 Å². The van der Waals surface area contributed by atoms with Crippen LogP contribution in [0, 0.1) is 0 Å². The van der Waals surface area contributed by atoms with Crippen molar-refractivity contribution in [1.29, 1.82) is 0 Å². The Morgan fingerprint density at radius 1 is 1.12 bits per heavy atom. The van der Waals surface area contributed by atoms with Crippen molar-refractivity contribution in [3.8, 4) is 11.4 Å². The van der Waals surface area contributed by atoms with Crippen LogP contribution in [0.2, 0.25) is 0 Å². The molecule has 2 aromatic carbocycles. The summed E-state index contributed by atoms with van der Waals surface area (Å²) in [6.07, 6.45) is 0. The fourth-order valence-corrected chi connectivity index (χ4v) is 4.20. The van der Waals surface area contributed by atoms with E-state index < -0.39 is 10.8 Å². The van der Waals surface area contributed by atoms with Gasteiger partial charge in [-0.05, 0) is 36.4 Å². The molecule has 3 aromatic rings. The Labute approximate surface area is 153 Å². The number of carbonyl (C=O) groups is 1. The molecule has 1 aliphatic heterocycles. The van der Waals surface area contributed by atoms with Crippen molar-refractivity contribution in [2.24, 2.45) is 0 Å². The van der Waals surface area contributed by atoms with E-state index in [1.807, 2.05) is 42.5 Å². The lowest BCUT2D eigenvalue weighted by atomic mass is 10.2. The maximum atomic E-state index is 12.6. The zero-order valence-electron chi connectivity index (χ0n) is 14.1. The number of ether oxygens (including phenoxy) is 1. The molecular weight excluding hydrogens is 350 g/mol. The van der Waals surface area contributed by atoms with Gasteiger partial charge < -0.3 is 10.1 Å². The molecule has 0 aliphatic carbocycles. The van der Waals surface area contributed by atoms with Crippen molar-refractivity contribution in [2.45, 2.75) is 11.5 Å². The number of amides is 1. The number of aromatic nitrogens is 2. The Hall–Kier alpha value is -2.93. The van der Waals surface area contributed by atoms with Gasteiger partial charge >= 0.3 is 0 Å². The van der Waals surface area contributed by atoms with E-state index in [2.05, 4.69) is 10.4 Å². The lowest BCUT2D eigenvalue weighted by Crippen LogP contribution is -2.16. The number of nitrogens with one attached hydrogen (secondary N) is 1. The number of rotatable bonds is 4. The van der Waals surface area contributed by atoms with E-state index in [0.717, 1.165) is 22.7 Å². The molecule has 26 heavy (non-hydrogen) atoms. The average Bonchev–Trinajstić information content (AvgIpc) is 3.19. The topological polar surface area (TPSA) is 73.2 Å². The Kier molecular flexibility index (Phi) is 4.30. The predicted molar refractivity (Wildman–Crippen MR) is 100 cm³/mol. The number of methoxy groups -OCH3 is 1. The van der Waals surface area contributed by atoms with Gasteiger partial charge in [0.2, 0.25) is 0 Å². The number of carbonyl (C=O) groups excluding carboxylic acids is 1. The highest BCUT2D eigenvalue weighted by Gasteiger charge is 2.28. The highest BCUT2D eigenvalue weighted by Crippen LogP contribution is 2.32. The van der Waals surface area contributed by atoms with Crippen LogP contribution in [0.5, 0.6) is 5.75 Å². The molecule has 1 amide bonds. The van der Waals surface area contributed by atoms with E-state index in [4.69, 9.17) is 4.74 Å². The fraction of sp³-hybridized carbons (Fsp3) is 0.158. The molecule has 0 saturated carbocycles. The fourth-order valence-electron chi connectivity index (χ4n) is 2.94. The summed E-state index contributed by atoms with van der Waals surface area (Å²) < 4.78 is 18.8. The molecule has 6 nitrogen and oxygen atoms in total. The van der Waals surface area contributed by atoms with Crippen LogP contribution in [-0.4, -0.2) is 27.0 Å². The minimum Gasteiger partial charge on any atom is -0.497 e. The molecule has 7 heteroatoms. The Bertz CT molecular complexity index is 981. The highest BCUT2D eigenvalue weighted by molar-refractivity contribution is 7.83. The molecule has 0 fully saturated rings. The first kappa shape index (κ1) is 16.5. The Morgan fingerprint density at radius 2 is 1.85 bits per heavy atom. The van der Waals surface area contributed by atoms with Crippen LogP contribution in [0.25, 0.3) is 5.69 Å². The zero-order valence-corrected chi connectivity index (χ0v) is 15.0. The summed E-state index contributed by atoms with van der Waals surface area (Å²) in [5.41, 5.74) is 2.96. The van der Waals surface area contributed by atoms with E-state index in [9.17, 15) is 9.00 Å². The van der Waals surface area contributed by atoms with Crippen LogP contribution in [-0.2, 0) is 22.3 Å². The monoisotopic (exact) mass is 367 g/mol. The van der Waals surface area contributed by atoms with Crippen LogP contribution in [0.15, 0.2) is 54.6 Å². The first-order valence-electron chi connectivity index (χ1n) is 8.12. The first-order valence-corrected chi connectivity index (χ1v) is 9.61. The summed E-state index contributed by atoms with van der Waals surface area (Å²) in [5.74, 6) is 1.90. The van der Waals surface area contributed by atoms with Crippen molar-refractivity contribution in [1.82, 2.24) is 9.78 Å². The van der Waals surface area contributed by atoms with E-state index in [1.54, 1.807) is 23.9 Å². The number of nitrogens with zero attached hydrogens (tertiary/aromatic N) is 2. The van der Waals surface area contributed by atoms with Crippen molar-refractivity contribution < 1.29 is 13.7 Å². The molecule has 132 valence electrons. The second-order valence-corrected chi connectivity index (χ2v) is 7.39. The van der Waals surface area contributed by atoms with Gasteiger partial charge in [0.1, 0.15) is 11.6 Å². The molecule has 1 atom stereocenters. The van der Waals surface area contributed by atoms with Crippen molar-refractivity contribution in [3.05, 3.63) is 71.4 Å². The molecule has 0 saturated heterocycles. The van der Waals surface area contributed by atoms with Crippen molar-refractivity contribution >= 4 is 22.5 Å². The molecule has 1 N–H and O–H groups in total. The molecule has 2 heterocycles. The second-order valence-electron chi connectivity index (χ2n) is 5.93. The van der Waals surface area contributed by atoms with Crippen LogP contribution >= 0.6 is 0 Å². The summed E-state index contributed by atoms with van der Waals surface area (Å²) >= 11 is 0. The summed E-state index contributed by atoms with van der Waals surface area (Å²) in [5, 5.41) is 7.53. The van der Waals surface area contributed by atoms with E-state index in [1.165, 1.54) is 0 Å².